The Hall–Kier alpha value is -1.98. The molecule has 0 saturated heterocycles. The van der Waals surface area contributed by atoms with Crippen LogP contribution in [0.5, 0.6) is 0 Å². The second kappa shape index (κ2) is 3.41. The molecule has 6 nitrogen and oxygen atoms in total. The number of Topliss-reactive ketones (excluding diaryl/α,β-unsaturated/α-hetero) is 1. The van der Waals surface area contributed by atoms with Crippen LogP contribution in [0.3, 0.4) is 0 Å². The number of carbonyl (C=O) groups excluding carboxylic acids is 2. The fourth-order valence-electron chi connectivity index (χ4n) is 0.956. The van der Waals surface area contributed by atoms with Crippen LogP contribution in [0.4, 0.5) is 0 Å². The molecule has 0 bridgehead atoms. The third-order valence-corrected chi connectivity index (χ3v) is 1.54. The quantitative estimate of drug-likeness (QED) is 0.678. The molecular weight excluding hydrogens is 188 g/mol. The largest absolute Gasteiger partial charge is 0.477 e. The predicted octanol–water partition coefficient (Wildman–Crippen LogP) is 0.119. The van der Waals surface area contributed by atoms with Gasteiger partial charge in [0.1, 0.15) is 0 Å². The van der Waals surface area contributed by atoms with Crippen molar-refractivity contribution in [3.05, 3.63) is 17.5 Å². The van der Waals surface area contributed by atoms with Crippen molar-refractivity contribution in [2.75, 3.05) is 0 Å². The summed E-state index contributed by atoms with van der Waals surface area (Å²) in [6.45, 7) is 2.60. The molecule has 0 aliphatic rings. The molecule has 6 heteroatoms. The van der Waals surface area contributed by atoms with E-state index in [1.165, 1.54) is 13.0 Å². The molecule has 0 atom stereocenters. The van der Waals surface area contributed by atoms with Crippen LogP contribution in [0.25, 0.3) is 0 Å². The normalized spacial score (nSPS) is 9.86. The van der Waals surface area contributed by atoms with Crippen LogP contribution in [0.2, 0.25) is 0 Å². The van der Waals surface area contributed by atoms with Gasteiger partial charge in [0.2, 0.25) is 5.78 Å². The molecule has 1 rings (SSSR count). The number of carbonyl (C=O) groups is 3. The second-order valence-electron chi connectivity index (χ2n) is 2.75. The molecule has 1 aromatic rings. The van der Waals surface area contributed by atoms with Crippen LogP contribution in [0.1, 0.15) is 27.9 Å². The van der Waals surface area contributed by atoms with E-state index in [0.29, 0.717) is 10.4 Å². The smallest absolute Gasteiger partial charge is 0.354 e. The molecule has 0 spiro atoms. The van der Waals surface area contributed by atoms with E-state index in [0.717, 1.165) is 6.92 Å². The maximum absolute atomic E-state index is 11.2. The average molecular weight is 196 g/mol. The van der Waals surface area contributed by atoms with E-state index in [4.69, 9.17) is 5.11 Å². The summed E-state index contributed by atoms with van der Waals surface area (Å²) in [5.41, 5.74) is 0.0692. The van der Waals surface area contributed by atoms with Crippen molar-refractivity contribution in [3.63, 3.8) is 0 Å². The van der Waals surface area contributed by atoms with Gasteiger partial charge in [-0.1, -0.05) is 0 Å². The summed E-state index contributed by atoms with van der Waals surface area (Å²) in [5, 5.41) is 12.3. The number of nitrogens with zero attached hydrogens (tertiary/aromatic N) is 2. The van der Waals surface area contributed by atoms with E-state index < -0.39 is 17.7 Å². The van der Waals surface area contributed by atoms with Gasteiger partial charge in [0.05, 0.1) is 5.69 Å². The van der Waals surface area contributed by atoms with Crippen LogP contribution in [0.15, 0.2) is 6.07 Å². The molecule has 0 unspecified atom stereocenters. The van der Waals surface area contributed by atoms with Crippen LogP contribution in [-0.4, -0.2) is 32.5 Å². The van der Waals surface area contributed by atoms with Crippen LogP contribution in [0, 0.1) is 6.92 Å². The molecule has 0 aliphatic carbocycles. The summed E-state index contributed by atoms with van der Waals surface area (Å²) in [6, 6.07) is 1.23. The summed E-state index contributed by atoms with van der Waals surface area (Å²) in [5.74, 6) is -2.99. The fourth-order valence-corrected chi connectivity index (χ4v) is 0.956. The number of aromatic nitrogens is 2. The summed E-state index contributed by atoms with van der Waals surface area (Å²) in [6.07, 6.45) is 0. The van der Waals surface area contributed by atoms with Crippen molar-refractivity contribution in [2.24, 2.45) is 0 Å². The lowest BCUT2D eigenvalue weighted by Crippen LogP contribution is -2.24. The van der Waals surface area contributed by atoms with E-state index in [9.17, 15) is 14.4 Å². The first-order chi connectivity index (χ1) is 6.43. The highest BCUT2D eigenvalue weighted by atomic mass is 16.4. The van der Waals surface area contributed by atoms with E-state index in [1.54, 1.807) is 0 Å². The zero-order valence-electron chi connectivity index (χ0n) is 7.64. The molecular formula is C8H8N2O4. The minimum absolute atomic E-state index is 0.303. The van der Waals surface area contributed by atoms with Gasteiger partial charge in [-0.2, -0.15) is 9.78 Å². The Morgan fingerprint density at radius 2 is 2.00 bits per heavy atom. The highest BCUT2D eigenvalue weighted by molar-refractivity contribution is 6.36. The third-order valence-electron chi connectivity index (χ3n) is 1.54. The Balaban J connectivity index is 3.26. The number of hydrogen-bond donors (Lipinski definition) is 1. The van der Waals surface area contributed by atoms with Gasteiger partial charge in [-0.15, -0.1) is 0 Å². The first-order valence-electron chi connectivity index (χ1n) is 3.78. The van der Waals surface area contributed by atoms with Crippen LogP contribution in [-0.2, 0) is 4.79 Å². The molecule has 1 aromatic heterocycles. The van der Waals surface area contributed by atoms with Crippen molar-refractivity contribution in [1.29, 1.82) is 0 Å². The lowest BCUT2D eigenvalue weighted by molar-refractivity contribution is -0.113. The molecule has 0 radical (unpaired) electrons. The summed E-state index contributed by atoms with van der Waals surface area (Å²) in [4.78, 5) is 32.5. The number of aryl methyl sites for hydroxylation is 1. The van der Waals surface area contributed by atoms with E-state index in [1.807, 2.05) is 0 Å². The Bertz CT molecular complexity index is 419. The Labute approximate surface area is 79.1 Å². The van der Waals surface area contributed by atoms with Crippen LogP contribution >= 0.6 is 0 Å². The third kappa shape index (κ3) is 1.68. The number of hydrogen-bond acceptors (Lipinski definition) is 4. The SMILES string of the molecule is CC(=O)C(=O)n1nc(C)cc1C(=O)O. The highest BCUT2D eigenvalue weighted by Crippen LogP contribution is 2.03. The first kappa shape index (κ1) is 10.1. The van der Waals surface area contributed by atoms with Gasteiger partial charge in [-0.3, -0.25) is 9.59 Å². The molecule has 74 valence electrons. The molecule has 0 aliphatic heterocycles. The Kier molecular flexibility index (Phi) is 2.46. The van der Waals surface area contributed by atoms with Gasteiger partial charge in [0.15, 0.2) is 5.69 Å². The number of carboxylic acids is 1. The van der Waals surface area contributed by atoms with Crippen molar-refractivity contribution in [2.45, 2.75) is 13.8 Å². The number of aromatic carboxylic acids is 1. The predicted molar refractivity (Wildman–Crippen MR) is 45.2 cm³/mol. The number of carboxylic acid groups (broad SMARTS) is 1. The zero-order valence-corrected chi connectivity index (χ0v) is 7.64. The van der Waals surface area contributed by atoms with Crippen molar-refractivity contribution in [3.8, 4) is 0 Å². The Morgan fingerprint density at radius 3 is 2.43 bits per heavy atom. The maximum Gasteiger partial charge on any atom is 0.354 e. The topological polar surface area (TPSA) is 89.3 Å². The molecule has 0 saturated carbocycles. The molecule has 1 N–H and O–H groups in total. The second-order valence-corrected chi connectivity index (χ2v) is 2.75. The van der Waals surface area contributed by atoms with Crippen molar-refractivity contribution < 1.29 is 19.5 Å². The van der Waals surface area contributed by atoms with Crippen LogP contribution < -0.4 is 0 Å². The lowest BCUT2D eigenvalue weighted by Gasteiger charge is -1.98. The van der Waals surface area contributed by atoms with Gasteiger partial charge in [-0.25, -0.2) is 4.79 Å². The van der Waals surface area contributed by atoms with Crippen molar-refractivity contribution >= 4 is 17.7 Å². The van der Waals surface area contributed by atoms with Gasteiger partial charge < -0.3 is 5.11 Å². The number of rotatable bonds is 2. The lowest BCUT2D eigenvalue weighted by atomic mass is 10.3. The average Bonchev–Trinajstić information content (AvgIpc) is 2.45. The molecule has 0 aromatic carbocycles. The van der Waals surface area contributed by atoms with Gasteiger partial charge in [-0.05, 0) is 13.0 Å². The monoisotopic (exact) mass is 196 g/mol. The minimum Gasteiger partial charge on any atom is -0.477 e. The first-order valence-corrected chi connectivity index (χ1v) is 3.78. The molecule has 0 amide bonds. The standard InChI is InChI=1S/C8H8N2O4/c1-4-3-6(8(13)14)10(9-4)7(12)5(2)11/h3H,1-2H3,(H,13,14). The highest BCUT2D eigenvalue weighted by Gasteiger charge is 2.20. The fraction of sp³-hybridized carbons (Fsp3) is 0.250. The summed E-state index contributed by atoms with van der Waals surface area (Å²) in [7, 11) is 0. The summed E-state index contributed by atoms with van der Waals surface area (Å²) < 4.78 is 0.597. The maximum atomic E-state index is 11.2. The van der Waals surface area contributed by atoms with Crippen molar-refractivity contribution in [1.82, 2.24) is 9.78 Å². The number of ketones is 1. The molecule has 0 fully saturated rings. The van der Waals surface area contributed by atoms with E-state index >= 15 is 0 Å². The summed E-state index contributed by atoms with van der Waals surface area (Å²) >= 11 is 0. The minimum atomic E-state index is -1.29. The van der Waals surface area contributed by atoms with Gasteiger partial charge in [0, 0.05) is 6.92 Å². The van der Waals surface area contributed by atoms with Gasteiger partial charge >= 0.3 is 11.9 Å². The molecule has 1 heterocycles. The van der Waals surface area contributed by atoms with E-state index in [-0.39, 0.29) is 5.69 Å². The Morgan fingerprint density at radius 1 is 1.43 bits per heavy atom. The van der Waals surface area contributed by atoms with Gasteiger partial charge in [0.25, 0.3) is 0 Å². The zero-order chi connectivity index (χ0) is 10.9. The molecule has 14 heavy (non-hydrogen) atoms. The van der Waals surface area contributed by atoms with E-state index in [2.05, 4.69) is 5.10 Å².